The van der Waals surface area contributed by atoms with Gasteiger partial charge in [-0.25, -0.2) is 0 Å². The summed E-state index contributed by atoms with van der Waals surface area (Å²) in [6, 6.07) is 14.8. The molecule has 0 saturated carbocycles. The van der Waals surface area contributed by atoms with Crippen LogP contribution in [0.1, 0.15) is 5.56 Å². The third-order valence-corrected chi connectivity index (χ3v) is 2.62. The quantitative estimate of drug-likeness (QED) is 0.809. The van der Waals surface area contributed by atoms with Crippen LogP contribution in [0.4, 0.5) is 5.69 Å². The number of benzene rings is 2. The van der Waals surface area contributed by atoms with E-state index < -0.39 is 0 Å². The molecule has 3 rings (SSSR count). The van der Waals surface area contributed by atoms with Crippen LogP contribution in [-0.2, 0) is 0 Å². The molecule has 0 unspecified atom stereocenters. The Bertz CT molecular complexity index is 578. The summed E-state index contributed by atoms with van der Waals surface area (Å²) < 4.78 is 0. The highest BCUT2D eigenvalue weighted by Gasteiger charge is 2.15. The van der Waals surface area contributed by atoms with E-state index in [1.165, 1.54) is 0 Å². The third kappa shape index (κ3) is 1.72. The van der Waals surface area contributed by atoms with Crippen LogP contribution in [0.5, 0.6) is 11.5 Å². The first-order valence-electron chi connectivity index (χ1n) is 5.37. The standard InChI is InChI=1S/C14H11NO2/c16-13-7-3-2-6-12(13)15-10-9-11-5-1-4-8-14(11)17-15/h1-10,16H. The highest BCUT2D eigenvalue weighted by atomic mass is 16.7. The molecule has 0 spiro atoms. The number of nitrogens with zero attached hydrogens (tertiary/aromatic N) is 1. The summed E-state index contributed by atoms with van der Waals surface area (Å²) in [6.45, 7) is 0. The van der Waals surface area contributed by atoms with Gasteiger partial charge in [0.2, 0.25) is 0 Å². The van der Waals surface area contributed by atoms with Crippen LogP contribution < -0.4 is 9.90 Å². The van der Waals surface area contributed by atoms with Crippen LogP contribution in [0.25, 0.3) is 6.08 Å². The Morgan fingerprint density at radius 2 is 1.71 bits per heavy atom. The Balaban J connectivity index is 1.98. The van der Waals surface area contributed by atoms with Crippen LogP contribution in [0.3, 0.4) is 0 Å². The molecule has 0 aliphatic carbocycles. The molecule has 1 N–H and O–H groups in total. The second-order valence-corrected chi connectivity index (χ2v) is 3.76. The SMILES string of the molecule is Oc1ccccc1N1C=Cc2ccccc2O1. The molecule has 84 valence electrons. The van der Waals surface area contributed by atoms with Gasteiger partial charge in [0.05, 0.1) is 0 Å². The average molecular weight is 225 g/mol. The summed E-state index contributed by atoms with van der Waals surface area (Å²) in [5.74, 6) is 0.967. The Hall–Kier alpha value is -2.42. The van der Waals surface area contributed by atoms with Crippen molar-refractivity contribution in [3.8, 4) is 11.5 Å². The van der Waals surface area contributed by atoms with Crippen molar-refractivity contribution < 1.29 is 9.94 Å². The molecular formula is C14H11NO2. The summed E-state index contributed by atoms with van der Waals surface area (Å²) in [5.41, 5.74) is 1.65. The average Bonchev–Trinajstić information content (AvgIpc) is 2.39. The molecule has 0 radical (unpaired) electrons. The van der Waals surface area contributed by atoms with E-state index in [1.54, 1.807) is 29.5 Å². The van der Waals surface area contributed by atoms with E-state index in [2.05, 4.69) is 0 Å². The van der Waals surface area contributed by atoms with Gasteiger partial charge in [0.15, 0.2) is 5.75 Å². The lowest BCUT2D eigenvalue weighted by Crippen LogP contribution is -2.23. The van der Waals surface area contributed by atoms with Gasteiger partial charge in [-0.3, -0.25) is 0 Å². The lowest BCUT2D eigenvalue weighted by molar-refractivity contribution is 0.310. The highest BCUT2D eigenvalue weighted by Crippen LogP contribution is 2.32. The minimum Gasteiger partial charge on any atom is -0.506 e. The second kappa shape index (κ2) is 3.87. The molecule has 0 saturated heterocycles. The number of para-hydroxylation sites is 3. The fraction of sp³-hybridized carbons (Fsp3) is 0. The molecule has 0 amide bonds. The lowest BCUT2D eigenvalue weighted by Gasteiger charge is -2.25. The monoisotopic (exact) mass is 225 g/mol. The normalized spacial score (nSPS) is 13.1. The van der Waals surface area contributed by atoms with E-state index in [4.69, 9.17) is 4.84 Å². The zero-order chi connectivity index (χ0) is 11.7. The fourth-order valence-electron chi connectivity index (χ4n) is 1.77. The van der Waals surface area contributed by atoms with Gasteiger partial charge in [-0.2, -0.15) is 5.06 Å². The summed E-state index contributed by atoms with van der Waals surface area (Å²) in [7, 11) is 0. The molecular weight excluding hydrogens is 214 g/mol. The van der Waals surface area contributed by atoms with E-state index in [0.717, 1.165) is 11.3 Å². The van der Waals surface area contributed by atoms with Crippen molar-refractivity contribution in [3.63, 3.8) is 0 Å². The zero-order valence-electron chi connectivity index (χ0n) is 9.08. The number of phenolic OH excluding ortho intramolecular Hbond substituents is 1. The first-order valence-corrected chi connectivity index (χ1v) is 5.37. The van der Waals surface area contributed by atoms with Crippen molar-refractivity contribution in [1.82, 2.24) is 0 Å². The molecule has 2 aromatic rings. The first kappa shape index (κ1) is 9.78. The Kier molecular flexibility index (Phi) is 2.22. The smallest absolute Gasteiger partial charge is 0.163 e. The van der Waals surface area contributed by atoms with Gasteiger partial charge in [-0.15, -0.1) is 0 Å². The molecule has 0 fully saturated rings. The van der Waals surface area contributed by atoms with Gasteiger partial charge < -0.3 is 9.94 Å². The van der Waals surface area contributed by atoms with Crippen LogP contribution in [0.15, 0.2) is 54.7 Å². The summed E-state index contributed by atoms with van der Waals surface area (Å²) >= 11 is 0. The fourth-order valence-corrected chi connectivity index (χ4v) is 1.77. The number of rotatable bonds is 1. The molecule has 2 aromatic carbocycles. The topological polar surface area (TPSA) is 32.7 Å². The van der Waals surface area contributed by atoms with Gasteiger partial charge in [0.25, 0.3) is 0 Å². The van der Waals surface area contributed by atoms with Crippen molar-refractivity contribution in [1.29, 1.82) is 0 Å². The molecule has 3 heteroatoms. The minimum absolute atomic E-state index is 0.191. The molecule has 1 heterocycles. The van der Waals surface area contributed by atoms with Crippen molar-refractivity contribution in [2.24, 2.45) is 0 Å². The summed E-state index contributed by atoms with van der Waals surface area (Å²) in [6.07, 6.45) is 3.74. The van der Waals surface area contributed by atoms with Crippen LogP contribution in [0.2, 0.25) is 0 Å². The highest BCUT2D eigenvalue weighted by molar-refractivity contribution is 5.67. The van der Waals surface area contributed by atoms with E-state index >= 15 is 0 Å². The maximum absolute atomic E-state index is 9.76. The molecule has 1 aliphatic rings. The number of hydrogen-bond donors (Lipinski definition) is 1. The van der Waals surface area contributed by atoms with Crippen molar-refractivity contribution in [3.05, 3.63) is 60.3 Å². The van der Waals surface area contributed by atoms with Gasteiger partial charge >= 0.3 is 0 Å². The maximum Gasteiger partial charge on any atom is 0.163 e. The predicted octanol–water partition coefficient (Wildman–Crippen LogP) is 3.18. The van der Waals surface area contributed by atoms with Crippen LogP contribution >= 0.6 is 0 Å². The van der Waals surface area contributed by atoms with E-state index in [9.17, 15) is 5.11 Å². The molecule has 0 aromatic heterocycles. The van der Waals surface area contributed by atoms with E-state index in [0.29, 0.717) is 5.69 Å². The van der Waals surface area contributed by atoms with E-state index in [1.807, 2.05) is 36.4 Å². The van der Waals surface area contributed by atoms with Gasteiger partial charge in [0.1, 0.15) is 11.4 Å². The van der Waals surface area contributed by atoms with Gasteiger partial charge in [-0.05, 0) is 24.3 Å². The number of aromatic hydroxyl groups is 1. The molecule has 0 bridgehead atoms. The number of phenols is 1. The predicted molar refractivity (Wildman–Crippen MR) is 66.7 cm³/mol. The summed E-state index contributed by atoms with van der Waals surface area (Å²) in [4.78, 5) is 5.69. The maximum atomic E-state index is 9.76. The van der Waals surface area contributed by atoms with Crippen LogP contribution in [-0.4, -0.2) is 5.11 Å². The molecule has 17 heavy (non-hydrogen) atoms. The van der Waals surface area contributed by atoms with E-state index in [-0.39, 0.29) is 5.75 Å². The van der Waals surface area contributed by atoms with Gasteiger partial charge in [0, 0.05) is 11.8 Å². The Morgan fingerprint density at radius 3 is 2.59 bits per heavy atom. The minimum atomic E-state index is 0.191. The van der Waals surface area contributed by atoms with Crippen molar-refractivity contribution in [2.75, 3.05) is 5.06 Å². The Labute approximate surface area is 99.1 Å². The molecule has 0 atom stereocenters. The van der Waals surface area contributed by atoms with Crippen molar-refractivity contribution in [2.45, 2.75) is 0 Å². The second-order valence-electron chi connectivity index (χ2n) is 3.76. The number of fused-ring (bicyclic) bond motifs is 1. The van der Waals surface area contributed by atoms with Crippen LogP contribution in [0, 0.1) is 0 Å². The molecule has 3 nitrogen and oxygen atoms in total. The zero-order valence-corrected chi connectivity index (χ0v) is 9.08. The lowest BCUT2D eigenvalue weighted by atomic mass is 10.2. The number of anilines is 1. The number of hydrogen-bond acceptors (Lipinski definition) is 3. The van der Waals surface area contributed by atoms with Gasteiger partial charge in [-0.1, -0.05) is 30.3 Å². The Morgan fingerprint density at radius 1 is 0.941 bits per heavy atom. The third-order valence-electron chi connectivity index (χ3n) is 2.62. The first-order chi connectivity index (χ1) is 8.34. The molecule has 1 aliphatic heterocycles. The largest absolute Gasteiger partial charge is 0.506 e. The number of hydroxylamine groups is 1. The van der Waals surface area contributed by atoms with Crippen molar-refractivity contribution >= 4 is 11.8 Å². The summed E-state index contributed by atoms with van der Waals surface area (Å²) in [5, 5.41) is 11.3.